The Bertz CT molecular complexity index is 804. The van der Waals surface area contributed by atoms with Crippen molar-refractivity contribution in [3.05, 3.63) is 48.0 Å². The molecule has 1 amide bonds. The fourth-order valence-electron chi connectivity index (χ4n) is 2.51. The summed E-state index contributed by atoms with van der Waals surface area (Å²) in [5.41, 5.74) is 1.81. The molecule has 26 heavy (non-hydrogen) atoms. The number of esters is 1. The first kappa shape index (κ1) is 17.6. The van der Waals surface area contributed by atoms with E-state index in [4.69, 9.17) is 9.47 Å². The highest BCUT2D eigenvalue weighted by atomic mass is 16.6. The summed E-state index contributed by atoms with van der Waals surface area (Å²) >= 11 is 0. The summed E-state index contributed by atoms with van der Waals surface area (Å²) < 4.78 is 15.6. The zero-order chi connectivity index (χ0) is 18.5. The van der Waals surface area contributed by atoms with Crippen molar-refractivity contribution >= 4 is 23.3 Å². The predicted octanol–water partition coefficient (Wildman–Crippen LogP) is 2.68. The van der Waals surface area contributed by atoms with Gasteiger partial charge in [0.25, 0.3) is 0 Å². The van der Waals surface area contributed by atoms with Crippen LogP contribution in [0, 0.1) is 0 Å². The second-order valence-corrected chi connectivity index (χ2v) is 5.78. The van der Waals surface area contributed by atoms with Crippen molar-refractivity contribution in [3.8, 4) is 11.5 Å². The number of hydrogen-bond donors (Lipinski definition) is 2. The lowest BCUT2D eigenvalue weighted by molar-refractivity contribution is -0.116. The summed E-state index contributed by atoms with van der Waals surface area (Å²) in [7, 11) is 1.33. The van der Waals surface area contributed by atoms with Crippen molar-refractivity contribution in [3.63, 3.8) is 0 Å². The van der Waals surface area contributed by atoms with Gasteiger partial charge in [0.05, 0.1) is 12.7 Å². The van der Waals surface area contributed by atoms with Crippen LogP contribution in [0.2, 0.25) is 0 Å². The van der Waals surface area contributed by atoms with E-state index in [0.29, 0.717) is 36.0 Å². The second-order valence-electron chi connectivity index (χ2n) is 5.78. The molecule has 1 aliphatic rings. The molecule has 0 aromatic heterocycles. The van der Waals surface area contributed by atoms with Gasteiger partial charge < -0.3 is 24.8 Å². The lowest BCUT2D eigenvalue weighted by Gasteiger charge is -2.20. The van der Waals surface area contributed by atoms with Gasteiger partial charge in [0.2, 0.25) is 5.91 Å². The van der Waals surface area contributed by atoms with Crippen LogP contribution in [0.5, 0.6) is 11.5 Å². The topological polar surface area (TPSA) is 85.9 Å². The maximum absolute atomic E-state index is 12.4. The number of hydrogen-bond acceptors (Lipinski definition) is 6. The molecule has 2 aromatic rings. The quantitative estimate of drug-likeness (QED) is 0.801. The molecule has 1 aliphatic heterocycles. The molecule has 0 saturated carbocycles. The number of nitrogens with one attached hydrogen (secondary N) is 2. The minimum Gasteiger partial charge on any atom is -0.486 e. The summed E-state index contributed by atoms with van der Waals surface area (Å²) in [6, 6.07) is 11.5. The highest BCUT2D eigenvalue weighted by Crippen LogP contribution is 2.32. The highest BCUT2D eigenvalue weighted by Gasteiger charge is 2.16. The lowest BCUT2D eigenvalue weighted by Crippen LogP contribution is -2.31. The monoisotopic (exact) mass is 356 g/mol. The molecule has 0 bridgehead atoms. The summed E-state index contributed by atoms with van der Waals surface area (Å²) in [4.78, 5) is 23.8. The average molecular weight is 356 g/mol. The first-order valence-electron chi connectivity index (χ1n) is 8.22. The standard InChI is InChI=1S/C19H20N2O5/c1-12(20-14-5-3-13(4-6-14)19(23)24-2)18(22)21-15-7-8-16-17(11-15)26-10-9-25-16/h3-8,11-12,20H,9-10H2,1-2H3,(H,21,22)/t12-/m0/s1. The third-order valence-corrected chi connectivity index (χ3v) is 3.89. The SMILES string of the molecule is COC(=O)c1ccc(N[C@@H](C)C(=O)Nc2ccc3c(c2)OCCO3)cc1. The van der Waals surface area contributed by atoms with Gasteiger partial charge in [-0.1, -0.05) is 0 Å². The molecule has 3 rings (SSSR count). The number of methoxy groups -OCH3 is 1. The molecule has 1 atom stereocenters. The fraction of sp³-hybridized carbons (Fsp3) is 0.263. The van der Waals surface area contributed by atoms with Crippen LogP contribution in [-0.4, -0.2) is 38.2 Å². The van der Waals surface area contributed by atoms with Gasteiger partial charge in [-0.05, 0) is 43.3 Å². The Balaban J connectivity index is 1.60. The van der Waals surface area contributed by atoms with Gasteiger partial charge in [-0.25, -0.2) is 4.79 Å². The minimum absolute atomic E-state index is 0.196. The summed E-state index contributed by atoms with van der Waals surface area (Å²) in [6.07, 6.45) is 0. The predicted molar refractivity (Wildman–Crippen MR) is 96.9 cm³/mol. The van der Waals surface area contributed by atoms with E-state index in [1.807, 2.05) is 0 Å². The van der Waals surface area contributed by atoms with Gasteiger partial charge in [0.1, 0.15) is 19.3 Å². The van der Waals surface area contributed by atoms with Crippen molar-refractivity contribution in [1.29, 1.82) is 0 Å². The first-order chi connectivity index (χ1) is 12.6. The molecule has 2 aromatic carbocycles. The van der Waals surface area contributed by atoms with Gasteiger partial charge in [-0.3, -0.25) is 4.79 Å². The van der Waals surface area contributed by atoms with E-state index in [-0.39, 0.29) is 5.91 Å². The van der Waals surface area contributed by atoms with E-state index in [9.17, 15) is 9.59 Å². The molecule has 0 aliphatic carbocycles. The van der Waals surface area contributed by atoms with Gasteiger partial charge in [-0.2, -0.15) is 0 Å². The molecule has 7 heteroatoms. The fourth-order valence-corrected chi connectivity index (χ4v) is 2.51. The van der Waals surface area contributed by atoms with Crippen molar-refractivity contribution < 1.29 is 23.8 Å². The number of carbonyl (C=O) groups is 2. The average Bonchev–Trinajstić information content (AvgIpc) is 2.67. The molecule has 136 valence electrons. The Hall–Kier alpha value is -3.22. The molecular weight excluding hydrogens is 336 g/mol. The number of benzene rings is 2. The molecule has 0 saturated heterocycles. The van der Waals surface area contributed by atoms with Crippen LogP contribution in [0.15, 0.2) is 42.5 Å². The maximum Gasteiger partial charge on any atom is 0.337 e. The first-order valence-corrected chi connectivity index (χ1v) is 8.22. The van der Waals surface area contributed by atoms with Crippen LogP contribution < -0.4 is 20.1 Å². The Morgan fingerprint density at radius 1 is 1.00 bits per heavy atom. The van der Waals surface area contributed by atoms with Crippen molar-refractivity contribution in [1.82, 2.24) is 0 Å². The van der Waals surface area contributed by atoms with Gasteiger partial charge in [0.15, 0.2) is 11.5 Å². The van der Waals surface area contributed by atoms with E-state index < -0.39 is 12.0 Å². The second kappa shape index (κ2) is 7.77. The van der Waals surface area contributed by atoms with E-state index >= 15 is 0 Å². The summed E-state index contributed by atoms with van der Waals surface area (Å²) in [5.74, 6) is 0.693. The van der Waals surface area contributed by atoms with Gasteiger partial charge in [-0.15, -0.1) is 0 Å². The van der Waals surface area contributed by atoms with Crippen LogP contribution in [0.1, 0.15) is 17.3 Å². The number of fused-ring (bicyclic) bond motifs is 1. The van der Waals surface area contributed by atoms with Crippen LogP contribution in [0.25, 0.3) is 0 Å². The molecule has 0 spiro atoms. The van der Waals surface area contributed by atoms with Gasteiger partial charge in [0, 0.05) is 17.4 Å². The molecule has 0 radical (unpaired) electrons. The number of amides is 1. The zero-order valence-electron chi connectivity index (χ0n) is 14.6. The molecule has 7 nitrogen and oxygen atoms in total. The minimum atomic E-state index is -0.479. The molecule has 0 unspecified atom stereocenters. The third-order valence-electron chi connectivity index (χ3n) is 3.89. The Morgan fingerprint density at radius 3 is 2.35 bits per heavy atom. The van der Waals surface area contributed by atoms with Crippen LogP contribution in [0.3, 0.4) is 0 Å². The maximum atomic E-state index is 12.4. The smallest absolute Gasteiger partial charge is 0.337 e. The lowest BCUT2D eigenvalue weighted by atomic mass is 10.2. The largest absolute Gasteiger partial charge is 0.486 e. The summed E-state index contributed by atoms with van der Waals surface area (Å²) in [5, 5.41) is 5.93. The van der Waals surface area contributed by atoms with E-state index in [2.05, 4.69) is 15.4 Å². The van der Waals surface area contributed by atoms with Crippen molar-refractivity contribution in [2.75, 3.05) is 31.0 Å². The third kappa shape index (κ3) is 4.05. The number of ether oxygens (including phenoxy) is 3. The highest BCUT2D eigenvalue weighted by molar-refractivity contribution is 5.96. The molecular formula is C19H20N2O5. The van der Waals surface area contributed by atoms with E-state index in [0.717, 1.165) is 5.69 Å². The molecule has 0 fully saturated rings. The Kier molecular flexibility index (Phi) is 5.26. The van der Waals surface area contributed by atoms with E-state index in [1.165, 1.54) is 7.11 Å². The Morgan fingerprint density at radius 2 is 1.65 bits per heavy atom. The van der Waals surface area contributed by atoms with Crippen LogP contribution >= 0.6 is 0 Å². The van der Waals surface area contributed by atoms with Crippen molar-refractivity contribution in [2.45, 2.75) is 13.0 Å². The summed E-state index contributed by atoms with van der Waals surface area (Å²) in [6.45, 7) is 2.76. The zero-order valence-corrected chi connectivity index (χ0v) is 14.6. The number of rotatable bonds is 5. The van der Waals surface area contributed by atoms with Crippen molar-refractivity contribution in [2.24, 2.45) is 0 Å². The van der Waals surface area contributed by atoms with Crippen LogP contribution in [-0.2, 0) is 9.53 Å². The van der Waals surface area contributed by atoms with Gasteiger partial charge >= 0.3 is 5.97 Å². The molecule has 2 N–H and O–H groups in total. The Labute approximate surface area is 151 Å². The van der Waals surface area contributed by atoms with E-state index in [1.54, 1.807) is 49.4 Å². The number of carbonyl (C=O) groups excluding carboxylic acids is 2. The number of anilines is 2. The molecule has 1 heterocycles. The normalized spacial score (nSPS) is 13.5. The van der Waals surface area contributed by atoms with Crippen LogP contribution in [0.4, 0.5) is 11.4 Å².